The zero-order valence-electron chi connectivity index (χ0n) is 31.0. The second-order valence-electron chi connectivity index (χ2n) is 14.7. The van der Waals surface area contributed by atoms with Crippen LogP contribution in [0.1, 0.15) is 54.4 Å². The summed E-state index contributed by atoms with van der Waals surface area (Å²) in [5.74, 6) is 0.0394. The second kappa shape index (κ2) is 16.0. The maximum atomic E-state index is 13.9. The largest absolute Gasteiger partial charge is 0.494 e. The van der Waals surface area contributed by atoms with Crippen LogP contribution >= 0.6 is 11.6 Å². The summed E-state index contributed by atoms with van der Waals surface area (Å²) in [6.45, 7) is 16.1. The second-order valence-corrected chi connectivity index (χ2v) is 15.1. The molecule has 3 heterocycles. The molecule has 51 heavy (non-hydrogen) atoms. The lowest BCUT2D eigenvalue weighted by molar-refractivity contribution is -0.143. The standard InChI is InChI=1S/C37H52ClN9O4/c1-22(2)45-14-16-46(17-15-45)29-12-11-24(18-26(29)38)42-33-25-19-28(31(51-8)20-27(25)40-21-41-33)43-35(49)30-10-9-13-47(30)36(50)32(37(4,5)6)44-34(48)23(3)39-7/h11-12,18-23,30,32,39H,9-10,13-17H2,1-8H3,(H,43,49)(H,44,48)(H,40,41,42)/t23-,30?,32+/m0/s1. The smallest absolute Gasteiger partial charge is 0.247 e. The summed E-state index contributed by atoms with van der Waals surface area (Å²) in [6.07, 6.45) is 2.62. The number of nitrogens with one attached hydrogen (secondary N) is 4. The number of likely N-dealkylation sites (tertiary alicyclic amines) is 1. The van der Waals surface area contributed by atoms with Gasteiger partial charge in [0.25, 0.3) is 0 Å². The van der Waals surface area contributed by atoms with Crippen LogP contribution in [0.2, 0.25) is 5.02 Å². The number of nitrogens with zero attached hydrogens (tertiary/aromatic N) is 5. The maximum absolute atomic E-state index is 13.9. The molecule has 1 aromatic heterocycles. The van der Waals surface area contributed by atoms with Gasteiger partial charge in [0.2, 0.25) is 17.7 Å². The van der Waals surface area contributed by atoms with E-state index in [4.69, 9.17) is 16.3 Å². The van der Waals surface area contributed by atoms with Crippen molar-refractivity contribution in [3.8, 4) is 5.75 Å². The van der Waals surface area contributed by atoms with Gasteiger partial charge in [-0.1, -0.05) is 32.4 Å². The van der Waals surface area contributed by atoms with Crippen molar-refractivity contribution in [2.24, 2.45) is 5.41 Å². The number of likely N-dealkylation sites (N-methyl/N-ethyl adjacent to an activating group) is 1. The van der Waals surface area contributed by atoms with Crippen LogP contribution in [0, 0.1) is 5.41 Å². The van der Waals surface area contributed by atoms with Crippen molar-refractivity contribution >= 4 is 63.1 Å². The highest BCUT2D eigenvalue weighted by molar-refractivity contribution is 6.33. The summed E-state index contributed by atoms with van der Waals surface area (Å²) < 4.78 is 5.66. The van der Waals surface area contributed by atoms with E-state index in [1.807, 2.05) is 39.0 Å². The fourth-order valence-electron chi connectivity index (χ4n) is 6.64. The van der Waals surface area contributed by atoms with Crippen LogP contribution in [0.15, 0.2) is 36.7 Å². The Kier molecular flexibility index (Phi) is 11.9. The Morgan fingerprint density at radius 2 is 1.73 bits per heavy atom. The number of hydrogen-bond donors (Lipinski definition) is 4. The number of aromatic nitrogens is 2. The molecule has 0 saturated carbocycles. The highest BCUT2D eigenvalue weighted by atomic mass is 35.5. The van der Waals surface area contributed by atoms with Gasteiger partial charge < -0.3 is 35.8 Å². The molecule has 2 aromatic carbocycles. The number of rotatable bonds is 11. The molecule has 3 amide bonds. The molecular formula is C37H52ClN9O4. The molecule has 14 heteroatoms. The van der Waals surface area contributed by atoms with Crippen molar-refractivity contribution in [1.29, 1.82) is 0 Å². The quantitative estimate of drug-likeness (QED) is 0.221. The van der Waals surface area contributed by atoms with Crippen molar-refractivity contribution in [3.05, 3.63) is 41.7 Å². The number of amides is 3. The first-order chi connectivity index (χ1) is 24.2. The van der Waals surface area contributed by atoms with Crippen molar-refractivity contribution in [2.75, 3.05) is 62.4 Å². The molecule has 0 radical (unpaired) electrons. The number of carbonyl (C=O) groups is 3. The lowest BCUT2D eigenvalue weighted by Crippen LogP contribution is -2.59. The summed E-state index contributed by atoms with van der Waals surface area (Å²) in [4.78, 5) is 55.9. The van der Waals surface area contributed by atoms with Gasteiger partial charge in [-0.3, -0.25) is 19.3 Å². The third kappa shape index (κ3) is 8.65. The van der Waals surface area contributed by atoms with E-state index in [1.165, 1.54) is 13.4 Å². The summed E-state index contributed by atoms with van der Waals surface area (Å²) in [6, 6.07) is 7.93. The first-order valence-corrected chi connectivity index (χ1v) is 18.1. The van der Waals surface area contributed by atoms with Crippen molar-refractivity contribution in [2.45, 2.75) is 78.6 Å². The summed E-state index contributed by atoms with van der Waals surface area (Å²) in [7, 11) is 3.21. The van der Waals surface area contributed by atoms with Gasteiger partial charge in [-0.25, -0.2) is 9.97 Å². The average molecular weight is 722 g/mol. The minimum absolute atomic E-state index is 0.281. The predicted molar refractivity (Wildman–Crippen MR) is 203 cm³/mol. The summed E-state index contributed by atoms with van der Waals surface area (Å²) in [5.41, 5.74) is 2.21. The topological polar surface area (TPSA) is 144 Å². The molecule has 2 aliphatic rings. The zero-order chi connectivity index (χ0) is 37.0. The third-order valence-electron chi connectivity index (χ3n) is 9.87. The fourth-order valence-corrected chi connectivity index (χ4v) is 6.94. The predicted octanol–water partition coefficient (Wildman–Crippen LogP) is 4.63. The van der Waals surface area contributed by atoms with Crippen LogP contribution in [-0.2, 0) is 14.4 Å². The van der Waals surface area contributed by atoms with E-state index in [2.05, 4.69) is 54.9 Å². The van der Waals surface area contributed by atoms with E-state index >= 15 is 0 Å². The molecule has 2 aliphatic heterocycles. The monoisotopic (exact) mass is 721 g/mol. The van der Waals surface area contributed by atoms with Crippen LogP contribution < -0.4 is 30.9 Å². The van der Waals surface area contributed by atoms with Gasteiger partial charge >= 0.3 is 0 Å². The number of ether oxygens (including phenoxy) is 1. The minimum Gasteiger partial charge on any atom is -0.494 e. The minimum atomic E-state index is -0.812. The molecule has 4 N–H and O–H groups in total. The van der Waals surface area contributed by atoms with Gasteiger partial charge in [-0.15, -0.1) is 0 Å². The molecule has 0 bridgehead atoms. The van der Waals surface area contributed by atoms with E-state index in [9.17, 15) is 14.4 Å². The number of benzene rings is 2. The molecule has 2 fully saturated rings. The highest BCUT2D eigenvalue weighted by Gasteiger charge is 2.42. The molecule has 13 nitrogen and oxygen atoms in total. The van der Waals surface area contributed by atoms with E-state index in [-0.39, 0.29) is 17.7 Å². The zero-order valence-corrected chi connectivity index (χ0v) is 31.7. The molecule has 0 aliphatic carbocycles. The number of fused-ring (bicyclic) bond motifs is 1. The van der Waals surface area contributed by atoms with E-state index in [1.54, 1.807) is 31.0 Å². The van der Waals surface area contributed by atoms with E-state index < -0.39 is 23.5 Å². The van der Waals surface area contributed by atoms with E-state index in [0.29, 0.717) is 58.6 Å². The SMILES string of the molecule is CN[C@@H](C)C(=O)N[C@H](C(=O)N1CCCC1C(=O)Nc1cc2c(Nc3ccc(N4CCN(C(C)C)CC4)c(Cl)c3)ncnc2cc1OC)C(C)(C)C. The van der Waals surface area contributed by atoms with Crippen LogP contribution in [-0.4, -0.2) is 109 Å². The van der Waals surface area contributed by atoms with Gasteiger partial charge in [0.05, 0.1) is 35.1 Å². The fraction of sp³-hybridized carbons (Fsp3) is 0.541. The number of methoxy groups -OCH3 is 1. The molecular weight excluding hydrogens is 670 g/mol. The highest BCUT2D eigenvalue weighted by Crippen LogP contribution is 2.36. The number of piperazine rings is 1. The van der Waals surface area contributed by atoms with Gasteiger partial charge in [0.15, 0.2) is 0 Å². The number of anilines is 4. The van der Waals surface area contributed by atoms with Crippen LogP contribution in [0.4, 0.5) is 22.9 Å². The molecule has 0 spiro atoms. The molecule has 3 aromatic rings. The molecule has 276 valence electrons. The van der Waals surface area contributed by atoms with Crippen LogP contribution in [0.25, 0.3) is 10.9 Å². The number of hydrogen-bond acceptors (Lipinski definition) is 10. The van der Waals surface area contributed by atoms with Crippen LogP contribution in [0.5, 0.6) is 5.75 Å². The van der Waals surface area contributed by atoms with Gasteiger partial charge in [-0.2, -0.15) is 0 Å². The summed E-state index contributed by atoms with van der Waals surface area (Å²) in [5, 5.41) is 13.5. The Bertz CT molecular complexity index is 1740. The van der Waals surface area contributed by atoms with Crippen molar-refractivity contribution in [1.82, 2.24) is 30.4 Å². The summed E-state index contributed by atoms with van der Waals surface area (Å²) >= 11 is 6.81. The lowest BCUT2D eigenvalue weighted by Gasteiger charge is -2.38. The lowest BCUT2D eigenvalue weighted by atomic mass is 9.85. The molecule has 3 atom stereocenters. The first kappa shape index (κ1) is 38.0. The first-order valence-electron chi connectivity index (χ1n) is 17.7. The maximum Gasteiger partial charge on any atom is 0.247 e. The van der Waals surface area contributed by atoms with Gasteiger partial charge in [-0.05, 0) is 70.3 Å². The number of halogens is 1. The van der Waals surface area contributed by atoms with E-state index in [0.717, 1.165) is 37.6 Å². The molecule has 5 rings (SSSR count). The van der Waals surface area contributed by atoms with Crippen molar-refractivity contribution < 1.29 is 19.1 Å². The average Bonchev–Trinajstić information content (AvgIpc) is 3.60. The molecule has 1 unspecified atom stereocenters. The Hall–Kier alpha value is -4.20. The van der Waals surface area contributed by atoms with Crippen LogP contribution in [0.3, 0.4) is 0 Å². The Labute approximate surface area is 305 Å². The Balaban J connectivity index is 1.35. The number of carbonyl (C=O) groups excluding carboxylic acids is 3. The normalized spacial score (nSPS) is 18.1. The Morgan fingerprint density at radius 1 is 1.00 bits per heavy atom. The van der Waals surface area contributed by atoms with Crippen molar-refractivity contribution in [3.63, 3.8) is 0 Å². The molecule has 2 saturated heterocycles. The van der Waals surface area contributed by atoms with Gasteiger partial charge in [0.1, 0.15) is 30.0 Å². The third-order valence-corrected chi connectivity index (χ3v) is 10.2. The Morgan fingerprint density at radius 3 is 2.35 bits per heavy atom. The van der Waals surface area contributed by atoms with Gasteiger partial charge in [0, 0.05) is 55.9 Å².